The summed E-state index contributed by atoms with van der Waals surface area (Å²) in [6, 6.07) is 9.42. The third-order valence-corrected chi connectivity index (χ3v) is 5.90. The summed E-state index contributed by atoms with van der Waals surface area (Å²) in [5.41, 5.74) is 3.30. The number of ether oxygens (including phenoxy) is 2. The van der Waals surface area contributed by atoms with Gasteiger partial charge in [0.05, 0.1) is 22.7 Å². The molecular formula is C22H19N3O6S. The van der Waals surface area contributed by atoms with E-state index in [0.717, 1.165) is 33.6 Å². The first-order chi connectivity index (χ1) is 15.4. The number of aromatic nitrogens is 1. The number of carbonyl (C=O) groups is 2. The van der Waals surface area contributed by atoms with Crippen LogP contribution in [0.4, 0.5) is 11.4 Å². The summed E-state index contributed by atoms with van der Waals surface area (Å²) in [4.78, 5) is 41.6. The molecular weight excluding hydrogens is 434 g/mol. The van der Waals surface area contributed by atoms with Crippen molar-refractivity contribution in [2.75, 3.05) is 25.2 Å². The lowest BCUT2D eigenvalue weighted by molar-refractivity contribution is -0.384. The Balaban J connectivity index is 1.45. The van der Waals surface area contributed by atoms with Crippen molar-refractivity contribution >= 4 is 34.6 Å². The Morgan fingerprint density at radius 2 is 2.06 bits per heavy atom. The maximum absolute atomic E-state index is 12.7. The number of esters is 1. The minimum absolute atomic E-state index is 0.112. The van der Waals surface area contributed by atoms with Crippen molar-refractivity contribution < 1.29 is 24.0 Å². The maximum Gasteiger partial charge on any atom is 0.342 e. The number of hydrogen-bond acceptors (Lipinski definition) is 8. The van der Waals surface area contributed by atoms with Gasteiger partial charge in [-0.3, -0.25) is 14.9 Å². The Morgan fingerprint density at radius 3 is 2.75 bits per heavy atom. The molecule has 9 nitrogen and oxygen atoms in total. The number of nitro benzene ring substituents is 1. The summed E-state index contributed by atoms with van der Waals surface area (Å²) in [6.07, 6.45) is 0.685. The van der Waals surface area contributed by atoms with E-state index >= 15 is 0 Å². The van der Waals surface area contributed by atoms with E-state index in [2.05, 4.69) is 4.98 Å². The van der Waals surface area contributed by atoms with Gasteiger partial charge >= 0.3 is 5.97 Å². The van der Waals surface area contributed by atoms with Crippen LogP contribution in [0, 0.1) is 17.0 Å². The van der Waals surface area contributed by atoms with Crippen LogP contribution in [0.3, 0.4) is 0 Å². The number of hydrogen-bond donors (Lipinski definition) is 0. The number of carbonyl (C=O) groups excluding carboxylic acids is 2. The van der Waals surface area contributed by atoms with Crippen LogP contribution in [0.2, 0.25) is 0 Å². The fourth-order valence-corrected chi connectivity index (χ4v) is 4.19. The van der Waals surface area contributed by atoms with E-state index in [1.807, 2.05) is 30.5 Å². The molecule has 164 valence electrons. The minimum Gasteiger partial charge on any atom is -0.496 e. The van der Waals surface area contributed by atoms with Crippen molar-refractivity contribution in [2.45, 2.75) is 13.3 Å². The number of amides is 1. The van der Waals surface area contributed by atoms with E-state index in [9.17, 15) is 19.7 Å². The maximum atomic E-state index is 12.7. The summed E-state index contributed by atoms with van der Waals surface area (Å²) >= 11 is 1.58. The fraction of sp³-hybridized carbons (Fsp3) is 0.227. The summed E-state index contributed by atoms with van der Waals surface area (Å²) < 4.78 is 10.2. The van der Waals surface area contributed by atoms with Crippen LogP contribution in [0.25, 0.3) is 11.3 Å². The summed E-state index contributed by atoms with van der Waals surface area (Å²) in [5.74, 6) is -1.12. The topological polar surface area (TPSA) is 112 Å². The molecule has 0 saturated carbocycles. The number of fused-ring (bicyclic) bond motifs is 1. The predicted octanol–water partition coefficient (Wildman–Crippen LogP) is 3.78. The van der Waals surface area contributed by atoms with E-state index < -0.39 is 17.5 Å². The lowest BCUT2D eigenvalue weighted by atomic mass is 10.1. The zero-order valence-corrected chi connectivity index (χ0v) is 18.2. The first kappa shape index (κ1) is 21.4. The highest BCUT2D eigenvalue weighted by atomic mass is 32.1. The molecule has 0 N–H and O–H groups in total. The molecule has 1 aliphatic rings. The molecule has 32 heavy (non-hydrogen) atoms. The van der Waals surface area contributed by atoms with Crippen LogP contribution < -0.4 is 9.64 Å². The zero-order valence-electron chi connectivity index (χ0n) is 17.4. The van der Waals surface area contributed by atoms with Crippen LogP contribution in [0.5, 0.6) is 5.75 Å². The summed E-state index contributed by atoms with van der Waals surface area (Å²) in [5, 5.41) is 14.0. The molecule has 2 aromatic carbocycles. The van der Waals surface area contributed by atoms with Crippen LogP contribution in [-0.2, 0) is 16.0 Å². The van der Waals surface area contributed by atoms with Gasteiger partial charge in [-0.1, -0.05) is 6.07 Å². The Morgan fingerprint density at radius 1 is 1.25 bits per heavy atom. The van der Waals surface area contributed by atoms with E-state index in [-0.39, 0.29) is 22.9 Å². The van der Waals surface area contributed by atoms with Gasteiger partial charge in [-0.25, -0.2) is 9.78 Å². The molecule has 0 atom stereocenters. The van der Waals surface area contributed by atoms with Crippen molar-refractivity contribution in [1.29, 1.82) is 0 Å². The molecule has 1 aromatic heterocycles. The second kappa shape index (κ2) is 8.75. The molecule has 0 radical (unpaired) electrons. The number of rotatable bonds is 6. The molecule has 0 fully saturated rings. The molecule has 2 heterocycles. The Labute approximate surface area is 187 Å². The number of thiazole rings is 1. The Bertz CT molecular complexity index is 1220. The zero-order chi connectivity index (χ0) is 22.8. The van der Waals surface area contributed by atoms with Crippen molar-refractivity contribution in [1.82, 2.24) is 4.98 Å². The van der Waals surface area contributed by atoms with E-state index in [0.29, 0.717) is 13.0 Å². The molecule has 1 amide bonds. The van der Waals surface area contributed by atoms with Crippen LogP contribution in [0.1, 0.15) is 20.9 Å². The van der Waals surface area contributed by atoms with Gasteiger partial charge in [0.25, 0.3) is 11.6 Å². The summed E-state index contributed by atoms with van der Waals surface area (Å²) in [7, 11) is 1.34. The molecule has 0 unspecified atom stereocenters. The predicted molar refractivity (Wildman–Crippen MR) is 118 cm³/mol. The van der Waals surface area contributed by atoms with Gasteiger partial charge in [0.2, 0.25) is 0 Å². The summed E-state index contributed by atoms with van der Waals surface area (Å²) in [6.45, 7) is 1.94. The van der Waals surface area contributed by atoms with Crippen molar-refractivity contribution in [3.8, 4) is 17.0 Å². The molecule has 0 saturated heterocycles. The van der Waals surface area contributed by atoms with Crippen LogP contribution >= 0.6 is 11.3 Å². The van der Waals surface area contributed by atoms with Gasteiger partial charge < -0.3 is 14.4 Å². The number of methoxy groups -OCH3 is 1. The van der Waals surface area contributed by atoms with E-state index in [4.69, 9.17) is 9.47 Å². The van der Waals surface area contributed by atoms with Crippen molar-refractivity contribution in [2.24, 2.45) is 0 Å². The Kier molecular flexibility index (Phi) is 5.87. The third kappa shape index (κ3) is 4.17. The number of nitro groups is 1. The lowest BCUT2D eigenvalue weighted by Gasteiger charge is -2.17. The van der Waals surface area contributed by atoms with E-state index in [1.54, 1.807) is 16.2 Å². The minimum atomic E-state index is -0.868. The van der Waals surface area contributed by atoms with Gasteiger partial charge in [0.1, 0.15) is 11.3 Å². The number of anilines is 1. The number of aryl methyl sites for hydroxylation is 1. The highest BCUT2D eigenvalue weighted by Crippen LogP contribution is 2.33. The van der Waals surface area contributed by atoms with Crippen LogP contribution in [0.15, 0.2) is 41.8 Å². The first-order valence-corrected chi connectivity index (χ1v) is 10.6. The largest absolute Gasteiger partial charge is 0.496 e. The highest BCUT2D eigenvalue weighted by molar-refractivity contribution is 7.09. The number of nitrogens with zero attached hydrogens (tertiary/aromatic N) is 3. The Hall–Kier alpha value is -3.79. The smallest absolute Gasteiger partial charge is 0.342 e. The molecule has 0 spiro atoms. The van der Waals surface area contributed by atoms with Crippen LogP contribution in [-0.4, -0.2) is 42.0 Å². The molecule has 3 aromatic rings. The monoisotopic (exact) mass is 453 g/mol. The SMILES string of the molecule is COc1ccc([N+](=O)[O-])cc1C(=O)OCC(=O)N1CCc2cc(-c3csc(C)n3)ccc21. The average molecular weight is 453 g/mol. The highest BCUT2D eigenvalue weighted by Gasteiger charge is 2.27. The quantitative estimate of drug-likeness (QED) is 0.317. The molecule has 1 aliphatic heterocycles. The average Bonchev–Trinajstić information content (AvgIpc) is 3.42. The number of benzene rings is 2. The van der Waals surface area contributed by atoms with Gasteiger partial charge in [-0.15, -0.1) is 11.3 Å². The molecule has 0 aliphatic carbocycles. The second-order valence-electron chi connectivity index (χ2n) is 7.11. The third-order valence-electron chi connectivity index (χ3n) is 5.13. The van der Waals surface area contributed by atoms with Gasteiger partial charge in [0, 0.05) is 35.3 Å². The van der Waals surface area contributed by atoms with Crippen molar-refractivity contribution in [3.63, 3.8) is 0 Å². The fourth-order valence-electron chi connectivity index (χ4n) is 3.57. The molecule has 10 heteroatoms. The van der Waals surface area contributed by atoms with Gasteiger partial charge in [-0.2, -0.15) is 0 Å². The van der Waals surface area contributed by atoms with Gasteiger partial charge in [0.15, 0.2) is 6.61 Å². The second-order valence-corrected chi connectivity index (χ2v) is 8.17. The van der Waals surface area contributed by atoms with Gasteiger partial charge in [-0.05, 0) is 37.1 Å². The normalized spacial score (nSPS) is 12.4. The van der Waals surface area contributed by atoms with Crippen molar-refractivity contribution in [3.05, 3.63) is 68.0 Å². The standard InChI is InChI=1S/C22H19N3O6S/c1-13-23-18(12-32-13)14-3-5-19-15(9-14)7-8-24(19)21(26)11-31-22(27)17-10-16(25(28)29)4-6-20(17)30-2/h3-6,9-10,12H,7-8,11H2,1-2H3. The molecule has 0 bridgehead atoms. The molecule has 4 rings (SSSR count). The first-order valence-electron chi connectivity index (χ1n) is 9.72. The lowest BCUT2D eigenvalue weighted by Crippen LogP contribution is -2.33. The number of non-ortho nitro benzene ring substituents is 1. The van der Waals surface area contributed by atoms with E-state index in [1.165, 1.54) is 19.2 Å².